The Bertz CT molecular complexity index is 393. The van der Waals surface area contributed by atoms with E-state index in [2.05, 4.69) is 5.32 Å². The van der Waals surface area contributed by atoms with Gasteiger partial charge < -0.3 is 10.1 Å². The van der Waals surface area contributed by atoms with Crippen molar-refractivity contribution in [2.24, 2.45) is 0 Å². The Labute approximate surface area is 118 Å². The molecule has 0 heterocycles. The van der Waals surface area contributed by atoms with Gasteiger partial charge in [0, 0.05) is 12.5 Å². The van der Waals surface area contributed by atoms with Crippen molar-refractivity contribution in [1.29, 1.82) is 0 Å². The Kier molecular flexibility index (Phi) is 6.85. The second kappa shape index (κ2) is 8.15. The summed E-state index contributed by atoms with van der Waals surface area (Å²) in [5.74, 6) is 0.695. The fourth-order valence-corrected chi connectivity index (χ4v) is 2.00. The minimum atomic E-state index is -4.12. The van der Waals surface area contributed by atoms with Crippen molar-refractivity contribution in [3.63, 3.8) is 0 Å². The third-order valence-electron chi connectivity index (χ3n) is 2.93. The van der Waals surface area contributed by atoms with Crippen LogP contribution in [0, 0.1) is 0 Å². The Balaban J connectivity index is 2.77. The van der Waals surface area contributed by atoms with Gasteiger partial charge >= 0.3 is 6.18 Å². The summed E-state index contributed by atoms with van der Waals surface area (Å²) in [6, 6.07) is 6.98. The fourth-order valence-electron chi connectivity index (χ4n) is 2.00. The second-order valence-electron chi connectivity index (χ2n) is 4.67. The molecule has 0 radical (unpaired) electrons. The fraction of sp³-hybridized carbons (Fsp3) is 0.600. The maximum Gasteiger partial charge on any atom is 0.389 e. The summed E-state index contributed by atoms with van der Waals surface area (Å²) in [4.78, 5) is 0. The molecule has 1 aromatic rings. The quantitative estimate of drug-likeness (QED) is 0.762. The van der Waals surface area contributed by atoms with E-state index in [1.165, 1.54) is 0 Å². The topological polar surface area (TPSA) is 21.3 Å². The van der Waals surface area contributed by atoms with Crippen LogP contribution in [0.25, 0.3) is 0 Å². The van der Waals surface area contributed by atoms with Crippen LogP contribution < -0.4 is 10.1 Å². The lowest BCUT2D eigenvalue weighted by atomic mass is 10.0. The third kappa shape index (κ3) is 6.28. The monoisotopic (exact) mass is 289 g/mol. The van der Waals surface area contributed by atoms with Crippen molar-refractivity contribution in [2.75, 3.05) is 13.2 Å². The van der Waals surface area contributed by atoms with Crippen LogP contribution in [0.3, 0.4) is 0 Å². The van der Waals surface area contributed by atoms with E-state index in [1.54, 1.807) is 0 Å². The van der Waals surface area contributed by atoms with Gasteiger partial charge in [-0.2, -0.15) is 13.2 Å². The predicted molar refractivity (Wildman–Crippen MR) is 73.9 cm³/mol. The molecule has 0 aliphatic carbocycles. The van der Waals surface area contributed by atoms with Gasteiger partial charge in [0.05, 0.1) is 6.61 Å². The average molecular weight is 289 g/mol. The van der Waals surface area contributed by atoms with Gasteiger partial charge in [-0.3, -0.25) is 0 Å². The first kappa shape index (κ1) is 16.8. The van der Waals surface area contributed by atoms with Crippen molar-refractivity contribution in [2.45, 2.75) is 45.3 Å². The summed E-state index contributed by atoms with van der Waals surface area (Å²) in [7, 11) is 0. The van der Waals surface area contributed by atoms with E-state index in [0.29, 0.717) is 18.9 Å². The van der Waals surface area contributed by atoms with Crippen LogP contribution in [-0.4, -0.2) is 19.3 Å². The summed E-state index contributed by atoms with van der Waals surface area (Å²) >= 11 is 0. The van der Waals surface area contributed by atoms with Crippen LogP contribution in [0.2, 0.25) is 0 Å². The molecule has 0 aliphatic heterocycles. The number of hydrogen-bond donors (Lipinski definition) is 1. The molecule has 1 rings (SSSR count). The SMILES string of the molecule is CCCNC(CCC(F)(F)F)c1cccc(OCC)c1. The largest absolute Gasteiger partial charge is 0.494 e. The molecule has 114 valence electrons. The summed E-state index contributed by atoms with van der Waals surface area (Å²) < 4.78 is 42.6. The number of halogens is 3. The van der Waals surface area contributed by atoms with E-state index in [1.807, 2.05) is 38.1 Å². The Morgan fingerprint density at radius 2 is 2.00 bits per heavy atom. The first-order chi connectivity index (χ1) is 9.46. The molecule has 20 heavy (non-hydrogen) atoms. The highest BCUT2D eigenvalue weighted by molar-refractivity contribution is 5.30. The Hall–Kier alpha value is -1.23. The van der Waals surface area contributed by atoms with E-state index < -0.39 is 12.6 Å². The highest BCUT2D eigenvalue weighted by Gasteiger charge is 2.28. The van der Waals surface area contributed by atoms with Gasteiger partial charge in [0.15, 0.2) is 0 Å². The zero-order valence-corrected chi connectivity index (χ0v) is 12.0. The van der Waals surface area contributed by atoms with Crippen molar-refractivity contribution in [3.8, 4) is 5.75 Å². The van der Waals surface area contributed by atoms with Gasteiger partial charge in [-0.15, -0.1) is 0 Å². The normalized spacial score (nSPS) is 13.2. The molecule has 5 heteroatoms. The van der Waals surface area contributed by atoms with Crippen molar-refractivity contribution >= 4 is 0 Å². The molecule has 0 spiro atoms. The van der Waals surface area contributed by atoms with E-state index in [0.717, 1.165) is 12.0 Å². The van der Waals surface area contributed by atoms with Crippen molar-refractivity contribution in [3.05, 3.63) is 29.8 Å². The molecule has 0 saturated carbocycles. The van der Waals surface area contributed by atoms with Gasteiger partial charge in [-0.1, -0.05) is 19.1 Å². The zero-order valence-electron chi connectivity index (χ0n) is 12.0. The molecule has 1 N–H and O–H groups in total. The second-order valence-corrected chi connectivity index (χ2v) is 4.67. The summed E-state index contributed by atoms with van der Waals surface area (Å²) in [6.07, 6.45) is -3.98. The van der Waals surface area contributed by atoms with Gasteiger partial charge in [0.1, 0.15) is 5.75 Å². The minimum absolute atomic E-state index is 0.0408. The standard InChI is InChI=1S/C15H22F3NO/c1-3-10-19-14(8-9-15(16,17)18)12-6-5-7-13(11-12)20-4-2/h5-7,11,14,19H,3-4,8-10H2,1-2H3. The number of alkyl halides is 3. The summed E-state index contributed by atoms with van der Waals surface area (Å²) in [5, 5.41) is 3.17. The Morgan fingerprint density at radius 3 is 2.60 bits per heavy atom. The maximum atomic E-state index is 12.4. The Morgan fingerprint density at radius 1 is 1.25 bits per heavy atom. The molecule has 0 saturated heterocycles. The average Bonchev–Trinajstić information content (AvgIpc) is 2.38. The van der Waals surface area contributed by atoms with E-state index in [-0.39, 0.29) is 12.5 Å². The molecular weight excluding hydrogens is 267 g/mol. The first-order valence-electron chi connectivity index (χ1n) is 6.99. The molecule has 0 aliphatic rings. The first-order valence-corrected chi connectivity index (χ1v) is 6.99. The minimum Gasteiger partial charge on any atom is -0.494 e. The lowest BCUT2D eigenvalue weighted by Gasteiger charge is -2.20. The number of rotatable bonds is 8. The van der Waals surface area contributed by atoms with Gasteiger partial charge in [0.2, 0.25) is 0 Å². The summed E-state index contributed by atoms with van der Waals surface area (Å²) in [5.41, 5.74) is 0.841. The van der Waals surface area contributed by atoms with Crippen LogP contribution in [0.1, 0.15) is 44.7 Å². The molecule has 2 nitrogen and oxygen atoms in total. The molecule has 1 aromatic carbocycles. The highest BCUT2D eigenvalue weighted by Crippen LogP contribution is 2.29. The lowest BCUT2D eigenvalue weighted by Crippen LogP contribution is -2.24. The van der Waals surface area contributed by atoms with E-state index >= 15 is 0 Å². The van der Waals surface area contributed by atoms with Crippen molar-refractivity contribution in [1.82, 2.24) is 5.32 Å². The predicted octanol–water partition coefficient (Wildman–Crippen LogP) is 4.47. The molecular formula is C15H22F3NO. The number of benzene rings is 1. The van der Waals surface area contributed by atoms with Gasteiger partial charge in [-0.05, 0) is 44.0 Å². The number of ether oxygens (including phenoxy) is 1. The number of hydrogen-bond acceptors (Lipinski definition) is 2. The molecule has 1 atom stereocenters. The van der Waals surface area contributed by atoms with E-state index in [9.17, 15) is 13.2 Å². The highest BCUT2D eigenvalue weighted by atomic mass is 19.4. The summed E-state index contributed by atoms with van der Waals surface area (Å²) in [6.45, 7) is 5.11. The van der Waals surface area contributed by atoms with E-state index in [4.69, 9.17) is 4.74 Å². The van der Waals surface area contributed by atoms with Crippen molar-refractivity contribution < 1.29 is 17.9 Å². The lowest BCUT2D eigenvalue weighted by molar-refractivity contribution is -0.136. The molecule has 0 fully saturated rings. The van der Waals surface area contributed by atoms with Gasteiger partial charge in [-0.25, -0.2) is 0 Å². The molecule has 0 aromatic heterocycles. The van der Waals surface area contributed by atoms with Crippen LogP contribution in [0.15, 0.2) is 24.3 Å². The third-order valence-corrected chi connectivity index (χ3v) is 2.93. The maximum absolute atomic E-state index is 12.4. The van der Waals surface area contributed by atoms with Gasteiger partial charge in [0.25, 0.3) is 0 Å². The molecule has 0 amide bonds. The smallest absolute Gasteiger partial charge is 0.389 e. The number of nitrogens with one attached hydrogen (secondary N) is 1. The molecule has 0 bridgehead atoms. The molecule has 1 unspecified atom stereocenters. The van der Waals surface area contributed by atoms with Crippen LogP contribution in [-0.2, 0) is 0 Å². The van der Waals surface area contributed by atoms with Crippen LogP contribution >= 0.6 is 0 Å². The van der Waals surface area contributed by atoms with Crippen LogP contribution in [0.4, 0.5) is 13.2 Å². The zero-order chi connectivity index (χ0) is 15.0. The van der Waals surface area contributed by atoms with Crippen LogP contribution in [0.5, 0.6) is 5.75 Å².